The van der Waals surface area contributed by atoms with Crippen LogP contribution in [0.2, 0.25) is 0 Å². The van der Waals surface area contributed by atoms with E-state index in [4.69, 9.17) is 0 Å². The number of benzene rings is 2. The molecule has 0 atom stereocenters. The predicted octanol–water partition coefficient (Wildman–Crippen LogP) is 3.40. The quantitative estimate of drug-likeness (QED) is 0.492. The summed E-state index contributed by atoms with van der Waals surface area (Å²) < 4.78 is 1.78. The molecule has 2 N–H and O–H groups in total. The van der Waals surface area contributed by atoms with Gasteiger partial charge in [-0.3, -0.25) is 19.6 Å². The third-order valence-electron chi connectivity index (χ3n) is 4.77. The van der Waals surface area contributed by atoms with Crippen molar-refractivity contribution < 1.29 is 14.8 Å². The van der Waals surface area contributed by atoms with E-state index in [1.165, 1.54) is 23.8 Å². The minimum atomic E-state index is -0.547. The van der Waals surface area contributed by atoms with Gasteiger partial charge >= 0.3 is 0 Å². The molecule has 0 saturated heterocycles. The summed E-state index contributed by atoms with van der Waals surface area (Å²) in [4.78, 5) is 23.1. The zero-order valence-electron chi connectivity index (χ0n) is 16.5. The van der Waals surface area contributed by atoms with Crippen LogP contribution in [0, 0.1) is 30.9 Å². The number of aryl methyl sites for hydroxylation is 2. The van der Waals surface area contributed by atoms with Crippen LogP contribution in [-0.4, -0.2) is 25.7 Å². The molecule has 29 heavy (non-hydrogen) atoms. The Morgan fingerprint density at radius 1 is 1.17 bits per heavy atom. The molecule has 0 aliphatic carbocycles. The van der Waals surface area contributed by atoms with Crippen LogP contribution in [0.15, 0.2) is 42.5 Å². The summed E-state index contributed by atoms with van der Waals surface area (Å²) in [7, 11) is 0. The lowest BCUT2D eigenvalue weighted by molar-refractivity contribution is -0.384. The van der Waals surface area contributed by atoms with Gasteiger partial charge in [-0.2, -0.15) is 5.10 Å². The van der Waals surface area contributed by atoms with E-state index in [0.717, 1.165) is 11.3 Å². The number of hydrogen-bond acceptors (Lipinski definition) is 5. The highest BCUT2D eigenvalue weighted by Gasteiger charge is 2.19. The Hall–Kier alpha value is -3.68. The molecule has 0 aliphatic rings. The molecule has 0 bridgehead atoms. The van der Waals surface area contributed by atoms with Crippen molar-refractivity contribution in [2.45, 2.75) is 33.9 Å². The van der Waals surface area contributed by atoms with Crippen LogP contribution in [0.4, 0.5) is 5.69 Å². The summed E-state index contributed by atoms with van der Waals surface area (Å²) in [6.45, 7) is 6.13. The van der Waals surface area contributed by atoms with E-state index >= 15 is 0 Å². The summed E-state index contributed by atoms with van der Waals surface area (Å²) >= 11 is 0. The van der Waals surface area contributed by atoms with E-state index in [1.54, 1.807) is 11.6 Å². The lowest BCUT2D eigenvalue weighted by Crippen LogP contribution is -2.24. The largest absolute Gasteiger partial charge is 0.508 e. The highest BCUT2D eigenvalue weighted by atomic mass is 16.6. The topological polar surface area (TPSA) is 110 Å². The maximum atomic E-state index is 12.7. The number of rotatable bonds is 6. The van der Waals surface area contributed by atoms with Crippen LogP contribution in [-0.2, 0) is 13.1 Å². The zero-order chi connectivity index (χ0) is 21.1. The van der Waals surface area contributed by atoms with Crippen LogP contribution in [0.25, 0.3) is 0 Å². The molecule has 8 heteroatoms. The van der Waals surface area contributed by atoms with Crippen molar-refractivity contribution in [1.29, 1.82) is 0 Å². The maximum absolute atomic E-state index is 12.7. The average Bonchev–Trinajstić information content (AvgIpc) is 2.95. The molecule has 0 aliphatic heterocycles. The van der Waals surface area contributed by atoms with Crippen molar-refractivity contribution in [1.82, 2.24) is 15.1 Å². The van der Waals surface area contributed by atoms with Crippen molar-refractivity contribution in [3.8, 4) is 5.75 Å². The van der Waals surface area contributed by atoms with Gasteiger partial charge in [0, 0.05) is 29.9 Å². The Kier molecular flexibility index (Phi) is 5.63. The third kappa shape index (κ3) is 4.43. The molecule has 1 heterocycles. The standard InChI is InChI=1S/C21H22N4O4/c1-13-4-6-16(7-5-13)12-24-15(3)20(14(2)23-24)21(27)22-11-17-10-18(25(28)29)8-9-19(17)26/h4-10,26H,11-12H2,1-3H3,(H,22,27). The van der Waals surface area contributed by atoms with Gasteiger partial charge in [-0.15, -0.1) is 0 Å². The summed E-state index contributed by atoms with van der Waals surface area (Å²) in [5.74, 6) is -0.458. The second kappa shape index (κ2) is 8.14. The van der Waals surface area contributed by atoms with Gasteiger partial charge in [-0.05, 0) is 32.4 Å². The number of carbonyl (C=O) groups is 1. The summed E-state index contributed by atoms with van der Waals surface area (Å²) in [5.41, 5.74) is 4.16. The molecule has 0 unspecified atom stereocenters. The smallest absolute Gasteiger partial charge is 0.270 e. The van der Waals surface area contributed by atoms with Gasteiger partial charge < -0.3 is 10.4 Å². The van der Waals surface area contributed by atoms with Crippen molar-refractivity contribution in [2.75, 3.05) is 0 Å². The number of nitro groups is 1. The normalized spacial score (nSPS) is 10.7. The molecule has 2 aromatic carbocycles. The Morgan fingerprint density at radius 3 is 2.52 bits per heavy atom. The first-order chi connectivity index (χ1) is 13.8. The molecule has 0 spiro atoms. The lowest BCUT2D eigenvalue weighted by Gasteiger charge is -2.08. The number of nitro benzene ring substituents is 1. The van der Waals surface area contributed by atoms with Gasteiger partial charge in [0.05, 0.1) is 22.7 Å². The van der Waals surface area contributed by atoms with Gasteiger partial charge in [0.25, 0.3) is 11.6 Å². The number of aromatic hydroxyl groups is 1. The molecular weight excluding hydrogens is 372 g/mol. The fraction of sp³-hybridized carbons (Fsp3) is 0.238. The zero-order valence-corrected chi connectivity index (χ0v) is 16.5. The molecule has 3 rings (SSSR count). The Bertz CT molecular complexity index is 1070. The molecule has 0 radical (unpaired) electrons. The number of nitrogens with zero attached hydrogens (tertiary/aromatic N) is 3. The molecule has 1 amide bonds. The fourth-order valence-electron chi connectivity index (χ4n) is 3.14. The van der Waals surface area contributed by atoms with Crippen LogP contribution < -0.4 is 5.32 Å². The number of carbonyl (C=O) groups excluding carboxylic acids is 1. The second-order valence-electron chi connectivity index (χ2n) is 6.94. The monoisotopic (exact) mass is 394 g/mol. The van der Waals surface area contributed by atoms with E-state index in [1.807, 2.05) is 38.1 Å². The second-order valence-corrected chi connectivity index (χ2v) is 6.94. The maximum Gasteiger partial charge on any atom is 0.270 e. The van der Waals surface area contributed by atoms with Crippen LogP contribution in [0.5, 0.6) is 5.75 Å². The minimum Gasteiger partial charge on any atom is -0.508 e. The van der Waals surface area contributed by atoms with E-state index in [9.17, 15) is 20.0 Å². The first-order valence-electron chi connectivity index (χ1n) is 9.10. The number of aromatic nitrogens is 2. The van der Waals surface area contributed by atoms with E-state index in [2.05, 4.69) is 10.4 Å². The van der Waals surface area contributed by atoms with Crippen LogP contribution >= 0.6 is 0 Å². The van der Waals surface area contributed by atoms with E-state index in [-0.39, 0.29) is 29.5 Å². The average molecular weight is 394 g/mol. The molecule has 0 saturated carbocycles. The number of phenols is 1. The van der Waals surface area contributed by atoms with Gasteiger partial charge in [-0.1, -0.05) is 29.8 Å². The number of amides is 1. The van der Waals surface area contributed by atoms with E-state index < -0.39 is 4.92 Å². The molecule has 3 aromatic rings. The lowest BCUT2D eigenvalue weighted by atomic mass is 10.1. The molecule has 0 fully saturated rings. The first kappa shape index (κ1) is 20.1. The van der Waals surface area contributed by atoms with Crippen molar-refractivity contribution in [3.63, 3.8) is 0 Å². The summed E-state index contributed by atoms with van der Waals surface area (Å²) in [6.07, 6.45) is 0. The minimum absolute atomic E-state index is 0.0334. The molecule has 1 aromatic heterocycles. The van der Waals surface area contributed by atoms with Crippen molar-refractivity contribution in [3.05, 3.63) is 86.2 Å². The van der Waals surface area contributed by atoms with Gasteiger partial charge in [0.15, 0.2) is 0 Å². The van der Waals surface area contributed by atoms with Gasteiger partial charge in [-0.25, -0.2) is 0 Å². The Labute approximate surface area is 168 Å². The summed E-state index contributed by atoms with van der Waals surface area (Å²) in [5, 5.41) is 28.0. The van der Waals surface area contributed by atoms with Crippen LogP contribution in [0.1, 0.15) is 38.4 Å². The van der Waals surface area contributed by atoms with Crippen molar-refractivity contribution >= 4 is 11.6 Å². The predicted molar refractivity (Wildman–Crippen MR) is 108 cm³/mol. The number of hydrogen-bond donors (Lipinski definition) is 2. The van der Waals surface area contributed by atoms with Crippen molar-refractivity contribution in [2.24, 2.45) is 0 Å². The highest BCUT2D eigenvalue weighted by molar-refractivity contribution is 5.96. The highest BCUT2D eigenvalue weighted by Crippen LogP contribution is 2.23. The summed E-state index contributed by atoms with van der Waals surface area (Å²) in [6, 6.07) is 11.8. The SMILES string of the molecule is Cc1ccc(Cn2nc(C)c(C(=O)NCc3cc([N+](=O)[O-])ccc3O)c2C)cc1. The number of phenolic OH excluding ortho intramolecular Hbond substituents is 1. The molecule has 8 nitrogen and oxygen atoms in total. The molecule has 150 valence electrons. The van der Waals surface area contributed by atoms with Gasteiger partial charge in [0.2, 0.25) is 0 Å². The first-order valence-corrected chi connectivity index (χ1v) is 9.10. The van der Waals surface area contributed by atoms with Crippen LogP contribution in [0.3, 0.4) is 0 Å². The number of non-ortho nitro benzene ring substituents is 1. The van der Waals surface area contributed by atoms with E-state index in [0.29, 0.717) is 17.8 Å². The third-order valence-corrected chi connectivity index (χ3v) is 4.77. The number of nitrogens with one attached hydrogen (secondary N) is 1. The molecular formula is C21H22N4O4. The Balaban J connectivity index is 1.76. The fourth-order valence-corrected chi connectivity index (χ4v) is 3.14. The Morgan fingerprint density at radius 2 is 1.86 bits per heavy atom. The van der Waals surface area contributed by atoms with Gasteiger partial charge in [0.1, 0.15) is 5.75 Å².